The zero-order valence-electron chi connectivity index (χ0n) is 14.3. The lowest BCUT2D eigenvalue weighted by Crippen LogP contribution is -2.36. The summed E-state index contributed by atoms with van der Waals surface area (Å²) in [6.45, 7) is 4.09. The number of hydrogen-bond acceptors (Lipinski definition) is 7. The molecular weight excluding hydrogens is 332 g/mol. The molecule has 0 radical (unpaired) electrons. The molecule has 1 aromatic carbocycles. The Balaban J connectivity index is 1.45. The van der Waals surface area contributed by atoms with E-state index in [0.717, 1.165) is 18.8 Å². The molecular formula is C18H20N6O2. The highest BCUT2D eigenvalue weighted by Gasteiger charge is 2.12. The third kappa shape index (κ3) is 4.68. The zero-order chi connectivity index (χ0) is 18.2. The van der Waals surface area contributed by atoms with Crippen LogP contribution in [0.2, 0.25) is 0 Å². The maximum Gasteiger partial charge on any atom is 0.251 e. The van der Waals surface area contributed by atoms with Crippen molar-refractivity contribution in [2.75, 3.05) is 49.6 Å². The summed E-state index contributed by atoms with van der Waals surface area (Å²) < 4.78 is 5.35. The van der Waals surface area contributed by atoms with Crippen LogP contribution in [-0.2, 0) is 4.74 Å². The van der Waals surface area contributed by atoms with Gasteiger partial charge in [0.1, 0.15) is 0 Å². The second kappa shape index (κ2) is 8.78. The van der Waals surface area contributed by atoms with Crippen molar-refractivity contribution in [3.63, 3.8) is 0 Å². The van der Waals surface area contributed by atoms with Crippen LogP contribution in [0.4, 0.5) is 11.5 Å². The second-order valence-corrected chi connectivity index (χ2v) is 5.77. The molecule has 0 unspecified atom stereocenters. The molecule has 0 saturated carbocycles. The van der Waals surface area contributed by atoms with E-state index in [1.165, 1.54) is 0 Å². The van der Waals surface area contributed by atoms with Gasteiger partial charge in [0.2, 0.25) is 0 Å². The lowest BCUT2D eigenvalue weighted by Gasteiger charge is -2.28. The minimum Gasteiger partial charge on any atom is -0.378 e. The Kier molecular flexibility index (Phi) is 5.96. The van der Waals surface area contributed by atoms with Gasteiger partial charge in [-0.25, -0.2) is 0 Å². The Hall–Kier alpha value is -3.18. The first kappa shape index (κ1) is 17.6. The fraction of sp³-hybridized carbons (Fsp3) is 0.333. The molecule has 1 saturated heterocycles. The van der Waals surface area contributed by atoms with E-state index in [-0.39, 0.29) is 5.91 Å². The molecule has 8 heteroatoms. The van der Waals surface area contributed by atoms with Gasteiger partial charge < -0.3 is 20.3 Å². The maximum atomic E-state index is 12.0. The van der Waals surface area contributed by atoms with E-state index < -0.39 is 0 Å². The van der Waals surface area contributed by atoms with Crippen LogP contribution in [-0.4, -0.2) is 55.5 Å². The number of benzene rings is 1. The van der Waals surface area contributed by atoms with Gasteiger partial charge in [-0.1, -0.05) is 0 Å². The number of nitrogens with one attached hydrogen (secondary N) is 2. The van der Waals surface area contributed by atoms with Gasteiger partial charge in [-0.15, -0.1) is 5.10 Å². The minimum absolute atomic E-state index is 0.176. The SMILES string of the molecule is N#Cc1ccc(C(=O)NCCNc2cc(N3CCOCC3)cnn2)cc1. The summed E-state index contributed by atoms with van der Waals surface area (Å²) in [4.78, 5) is 14.3. The van der Waals surface area contributed by atoms with Gasteiger partial charge in [-0.05, 0) is 24.3 Å². The van der Waals surface area contributed by atoms with Crippen LogP contribution in [0.1, 0.15) is 15.9 Å². The molecule has 0 aliphatic carbocycles. The molecule has 1 fully saturated rings. The number of anilines is 2. The summed E-state index contributed by atoms with van der Waals surface area (Å²) in [6.07, 6.45) is 1.74. The minimum atomic E-state index is -0.176. The summed E-state index contributed by atoms with van der Waals surface area (Å²) in [5, 5.41) is 22.9. The Morgan fingerprint density at radius 2 is 2.00 bits per heavy atom. The fourth-order valence-electron chi connectivity index (χ4n) is 2.60. The number of amides is 1. The lowest BCUT2D eigenvalue weighted by atomic mass is 10.1. The van der Waals surface area contributed by atoms with E-state index >= 15 is 0 Å². The number of carbonyl (C=O) groups is 1. The maximum absolute atomic E-state index is 12.0. The van der Waals surface area contributed by atoms with Gasteiger partial charge in [-0.3, -0.25) is 4.79 Å². The van der Waals surface area contributed by atoms with Crippen molar-refractivity contribution in [1.29, 1.82) is 5.26 Å². The molecule has 2 N–H and O–H groups in total. The molecule has 2 heterocycles. The average Bonchev–Trinajstić information content (AvgIpc) is 2.72. The summed E-state index contributed by atoms with van der Waals surface area (Å²) in [7, 11) is 0. The van der Waals surface area contributed by atoms with Crippen molar-refractivity contribution in [2.24, 2.45) is 0 Å². The zero-order valence-corrected chi connectivity index (χ0v) is 14.3. The van der Waals surface area contributed by atoms with Crippen LogP contribution >= 0.6 is 0 Å². The molecule has 1 aliphatic heterocycles. The van der Waals surface area contributed by atoms with Gasteiger partial charge in [0, 0.05) is 37.8 Å². The predicted octanol–water partition coefficient (Wildman–Crippen LogP) is 1.03. The summed E-state index contributed by atoms with van der Waals surface area (Å²) in [6, 6.07) is 10.5. The van der Waals surface area contributed by atoms with Crippen LogP contribution in [0.15, 0.2) is 36.5 Å². The number of nitrogens with zero attached hydrogens (tertiary/aromatic N) is 4. The summed E-state index contributed by atoms with van der Waals surface area (Å²) in [5.74, 6) is 0.492. The van der Waals surface area contributed by atoms with Crippen LogP contribution in [0.25, 0.3) is 0 Å². The quantitative estimate of drug-likeness (QED) is 0.748. The van der Waals surface area contributed by atoms with Crippen LogP contribution < -0.4 is 15.5 Å². The highest BCUT2D eigenvalue weighted by molar-refractivity contribution is 5.94. The molecule has 134 valence electrons. The Bertz CT molecular complexity index is 781. The van der Waals surface area contributed by atoms with E-state index in [0.29, 0.717) is 43.2 Å². The van der Waals surface area contributed by atoms with Crippen LogP contribution in [0.3, 0.4) is 0 Å². The summed E-state index contributed by atoms with van der Waals surface area (Å²) in [5.41, 5.74) is 2.06. The second-order valence-electron chi connectivity index (χ2n) is 5.77. The molecule has 3 rings (SSSR count). The van der Waals surface area contributed by atoms with Gasteiger partial charge in [-0.2, -0.15) is 10.4 Å². The number of nitriles is 1. The summed E-state index contributed by atoms with van der Waals surface area (Å²) >= 11 is 0. The fourth-order valence-corrected chi connectivity index (χ4v) is 2.60. The number of rotatable bonds is 6. The third-order valence-electron chi connectivity index (χ3n) is 4.01. The van der Waals surface area contributed by atoms with Gasteiger partial charge in [0.25, 0.3) is 5.91 Å². The van der Waals surface area contributed by atoms with Gasteiger partial charge in [0.15, 0.2) is 5.82 Å². The first-order chi connectivity index (χ1) is 12.8. The number of morpholine rings is 1. The third-order valence-corrected chi connectivity index (χ3v) is 4.01. The van der Waals surface area contributed by atoms with Gasteiger partial charge in [0.05, 0.1) is 36.7 Å². The highest BCUT2D eigenvalue weighted by atomic mass is 16.5. The topological polar surface area (TPSA) is 103 Å². The highest BCUT2D eigenvalue weighted by Crippen LogP contribution is 2.16. The average molecular weight is 352 g/mol. The predicted molar refractivity (Wildman–Crippen MR) is 97.0 cm³/mol. The number of carbonyl (C=O) groups excluding carboxylic acids is 1. The largest absolute Gasteiger partial charge is 0.378 e. The molecule has 1 amide bonds. The van der Waals surface area contributed by atoms with E-state index in [4.69, 9.17) is 10.00 Å². The molecule has 1 aromatic heterocycles. The van der Waals surface area contributed by atoms with E-state index in [2.05, 4.69) is 25.7 Å². The lowest BCUT2D eigenvalue weighted by molar-refractivity contribution is 0.0955. The van der Waals surface area contributed by atoms with E-state index in [1.807, 2.05) is 12.1 Å². The molecule has 0 bridgehead atoms. The smallest absolute Gasteiger partial charge is 0.251 e. The molecule has 2 aromatic rings. The standard InChI is InChI=1S/C18H20N6O2/c19-12-14-1-3-15(4-2-14)18(25)21-6-5-20-17-11-16(13-22-23-17)24-7-9-26-10-8-24/h1-4,11,13H,5-10H2,(H,20,23)(H,21,25). The molecule has 0 spiro atoms. The number of ether oxygens (including phenoxy) is 1. The van der Waals surface area contributed by atoms with Crippen LogP contribution in [0, 0.1) is 11.3 Å². The van der Waals surface area contributed by atoms with Crippen molar-refractivity contribution in [1.82, 2.24) is 15.5 Å². The molecule has 0 atom stereocenters. The monoisotopic (exact) mass is 352 g/mol. The van der Waals surface area contributed by atoms with Crippen molar-refractivity contribution < 1.29 is 9.53 Å². The van der Waals surface area contributed by atoms with E-state index in [1.54, 1.807) is 30.5 Å². The van der Waals surface area contributed by atoms with Crippen molar-refractivity contribution >= 4 is 17.4 Å². The Labute approximate surface area is 151 Å². The number of hydrogen-bond donors (Lipinski definition) is 2. The Morgan fingerprint density at radius 3 is 2.73 bits per heavy atom. The van der Waals surface area contributed by atoms with E-state index in [9.17, 15) is 4.79 Å². The first-order valence-electron chi connectivity index (χ1n) is 8.44. The van der Waals surface area contributed by atoms with Crippen LogP contribution in [0.5, 0.6) is 0 Å². The Morgan fingerprint density at radius 1 is 1.23 bits per heavy atom. The first-order valence-corrected chi connectivity index (χ1v) is 8.44. The molecule has 1 aliphatic rings. The van der Waals surface area contributed by atoms with Gasteiger partial charge >= 0.3 is 0 Å². The van der Waals surface area contributed by atoms with Crippen molar-refractivity contribution in [2.45, 2.75) is 0 Å². The normalized spacial score (nSPS) is 13.7. The molecule has 8 nitrogen and oxygen atoms in total. The van der Waals surface area contributed by atoms with Crippen molar-refractivity contribution in [3.05, 3.63) is 47.7 Å². The number of aromatic nitrogens is 2. The molecule has 26 heavy (non-hydrogen) atoms. The van der Waals surface area contributed by atoms with Crippen molar-refractivity contribution in [3.8, 4) is 6.07 Å².